The second-order valence-corrected chi connectivity index (χ2v) is 6.11. The van der Waals surface area contributed by atoms with Gasteiger partial charge in [-0.25, -0.2) is 8.42 Å². The molecule has 1 aliphatic heterocycles. The molecule has 0 aromatic carbocycles. The fourth-order valence-electron chi connectivity index (χ4n) is 1.82. The maximum Gasteiger partial charge on any atom is 0.151 e. The van der Waals surface area contributed by atoms with Crippen molar-refractivity contribution in [1.29, 1.82) is 0 Å². The van der Waals surface area contributed by atoms with Crippen LogP contribution in [-0.2, 0) is 9.84 Å². The first-order chi connectivity index (χ1) is 6.57. The predicted molar refractivity (Wildman–Crippen MR) is 56.0 cm³/mol. The first-order valence-electron chi connectivity index (χ1n) is 5.14. The van der Waals surface area contributed by atoms with Crippen LogP contribution in [0.15, 0.2) is 0 Å². The third kappa shape index (κ3) is 3.55. The number of aliphatic hydroxyl groups excluding tert-OH is 1. The normalized spacial score (nSPS) is 27.7. The lowest BCUT2D eigenvalue weighted by Gasteiger charge is -2.19. The van der Waals surface area contributed by atoms with Crippen molar-refractivity contribution in [3.63, 3.8) is 0 Å². The van der Waals surface area contributed by atoms with E-state index in [1.807, 2.05) is 6.92 Å². The highest BCUT2D eigenvalue weighted by Gasteiger charge is 2.28. The molecular weight excluding hydrogens is 202 g/mol. The molecular formula is C9H19NO3S. The fourth-order valence-corrected chi connectivity index (χ4v) is 3.51. The molecule has 0 amide bonds. The molecule has 1 fully saturated rings. The molecule has 1 saturated heterocycles. The highest BCUT2D eigenvalue weighted by Crippen LogP contribution is 2.13. The highest BCUT2D eigenvalue weighted by molar-refractivity contribution is 7.91. The van der Waals surface area contributed by atoms with Crippen LogP contribution in [0.2, 0.25) is 0 Å². The lowest BCUT2D eigenvalue weighted by Crippen LogP contribution is -2.39. The molecule has 2 N–H and O–H groups in total. The molecule has 5 heteroatoms. The van der Waals surface area contributed by atoms with Gasteiger partial charge in [0.25, 0.3) is 0 Å². The van der Waals surface area contributed by atoms with Gasteiger partial charge in [0, 0.05) is 18.7 Å². The Hall–Kier alpha value is -0.130. The zero-order valence-electron chi connectivity index (χ0n) is 8.57. The number of rotatable bonds is 5. The van der Waals surface area contributed by atoms with Crippen molar-refractivity contribution in [3.05, 3.63) is 0 Å². The van der Waals surface area contributed by atoms with Gasteiger partial charge >= 0.3 is 0 Å². The van der Waals surface area contributed by atoms with E-state index in [0.717, 1.165) is 6.42 Å². The molecule has 0 aromatic rings. The summed E-state index contributed by atoms with van der Waals surface area (Å²) in [6.45, 7) is 2.20. The minimum atomic E-state index is -2.79. The molecule has 2 atom stereocenters. The summed E-state index contributed by atoms with van der Waals surface area (Å²) in [5.41, 5.74) is 0. The van der Waals surface area contributed by atoms with Gasteiger partial charge in [0.15, 0.2) is 9.84 Å². The molecule has 0 spiro atoms. The molecule has 1 rings (SSSR count). The van der Waals surface area contributed by atoms with E-state index >= 15 is 0 Å². The molecule has 2 unspecified atom stereocenters. The Morgan fingerprint density at radius 1 is 1.57 bits per heavy atom. The summed E-state index contributed by atoms with van der Waals surface area (Å²) in [7, 11) is -2.79. The van der Waals surface area contributed by atoms with Crippen molar-refractivity contribution in [2.45, 2.75) is 38.3 Å². The van der Waals surface area contributed by atoms with Gasteiger partial charge in [-0.2, -0.15) is 0 Å². The third-order valence-corrected chi connectivity index (χ3v) is 4.44. The fraction of sp³-hybridized carbons (Fsp3) is 1.00. The molecule has 84 valence electrons. The Bertz CT molecular complexity index is 263. The average Bonchev–Trinajstić information content (AvgIpc) is 2.45. The standard InChI is InChI=1S/C9H19NO3S/c1-2-8(3-5-11)10-9-4-6-14(12,13)7-9/h8-11H,2-7H2,1H3. The Morgan fingerprint density at radius 3 is 2.71 bits per heavy atom. The van der Waals surface area contributed by atoms with Crippen molar-refractivity contribution in [1.82, 2.24) is 5.32 Å². The van der Waals surface area contributed by atoms with E-state index in [9.17, 15) is 8.42 Å². The first-order valence-corrected chi connectivity index (χ1v) is 6.97. The minimum absolute atomic E-state index is 0.0940. The lowest BCUT2D eigenvalue weighted by molar-refractivity contribution is 0.257. The Morgan fingerprint density at radius 2 is 2.29 bits per heavy atom. The summed E-state index contributed by atoms with van der Waals surface area (Å²) >= 11 is 0. The van der Waals surface area contributed by atoms with Gasteiger partial charge in [0.1, 0.15) is 0 Å². The zero-order chi connectivity index (χ0) is 10.6. The van der Waals surface area contributed by atoms with Gasteiger partial charge in [0.05, 0.1) is 11.5 Å². The Balaban J connectivity index is 2.37. The summed E-state index contributed by atoms with van der Waals surface area (Å²) in [6, 6.07) is 0.342. The summed E-state index contributed by atoms with van der Waals surface area (Å²) < 4.78 is 22.4. The van der Waals surface area contributed by atoms with Crippen LogP contribution in [0.25, 0.3) is 0 Å². The molecule has 1 aliphatic rings. The van der Waals surface area contributed by atoms with Gasteiger partial charge in [0.2, 0.25) is 0 Å². The zero-order valence-corrected chi connectivity index (χ0v) is 9.39. The number of aliphatic hydroxyl groups is 1. The van der Waals surface area contributed by atoms with Crippen molar-refractivity contribution >= 4 is 9.84 Å². The van der Waals surface area contributed by atoms with Gasteiger partial charge in [-0.3, -0.25) is 0 Å². The van der Waals surface area contributed by atoms with Crippen LogP contribution >= 0.6 is 0 Å². The topological polar surface area (TPSA) is 66.4 Å². The van der Waals surface area contributed by atoms with E-state index in [1.165, 1.54) is 0 Å². The first kappa shape index (κ1) is 11.9. The van der Waals surface area contributed by atoms with E-state index < -0.39 is 9.84 Å². The number of hydrogen-bond donors (Lipinski definition) is 2. The Labute approximate surface area is 85.6 Å². The maximum atomic E-state index is 11.2. The van der Waals surface area contributed by atoms with Gasteiger partial charge in [-0.05, 0) is 19.3 Å². The van der Waals surface area contributed by atoms with Crippen molar-refractivity contribution in [2.75, 3.05) is 18.1 Å². The second kappa shape index (κ2) is 5.09. The maximum absolute atomic E-state index is 11.2. The van der Waals surface area contributed by atoms with Crippen molar-refractivity contribution in [2.24, 2.45) is 0 Å². The monoisotopic (exact) mass is 221 g/mol. The number of hydrogen-bond acceptors (Lipinski definition) is 4. The quantitative estimate of drug-likeness (QED) is 0.681. The van der Waals surface area contributed by atoms with Crippen LogP contribution in [0, 0.1) is 0 Å². The number of nitrogens with one attached hydrogen (secondary N) is 1. The van der Waals surface area contributed by atoms with E-state index in [4.69, 9.17) is 5.11 Å². The van der Waals surface area contributed by atoms with E-state index in [1.54, 1.807) is 0 Å². The molecule has 0 aromatic heterocycles. The smallest absolute Gasteiger partial charge is 0.151 e. The van der Waals surface area contributed by atoms with Crippen molar-refractivity contribution in [3.8, 4) is 0 Å². The largest absolute Gasteiger partial charge is 0.396 e. The minimum Gasteiger partial charge on any atom is -0.396 e. The SMILES string of the molecule is CCC(CCO)NC1CCS(=O)(=O)C1. The van der Waals surface area contributed by atoms with Gasteiger partial charge in [-0.1, -0.05) is 6.92 Å². The van der Waals surface area contributed by atoms with Gasteiger partial charge in [-0.15, -0.1) is 0 Å². The van der Waals surface area contributed by atoms with Crippen LogP contribution in [-0.4, -0.2) is 43.7 Å². The molecule has 14 heavy (non-hydrogen) atoms. The molecule has 0 radical (unpaired) electrons. The van der Waals surface area contributed by atoms with E-state index in [-0.39, 0.29) is 24.4 Å². The Kier molecular flexibility index (Phi) is 4.34. The summed E-state index contributed by atoms with van der Waals surface area (Å²) in [6.07, 6.45) is 2.34. The highest BCUT2D eigenvalue weighted by atomic mass is 32.2. The second-order valence-electron chi connectivity index (χ2n) is 3.88. The van der Waals surface area contributed by atoms with Crippen LogP contribution in [0.1, 0.15) is 26.2 Å². The van der Waals surface area contributed by atoms with Crippen LogP contribution in [0.3, 0.4) is 0 Å². The molecule has 1 heterocycles. The van der Waals surface area contributed by atoms with E-state index in [2.05, 4.69) is 5.32 Å². The summed E-state index contributed by atoms with van der Waals surface area (Å²) in [5, 5.41) is 12.1. The molecule has 4 nitrogen and oxygen atoms in total. The molecule has 0 aliphatic carbocycles. The van der Waals surface area contributed by atoms with Crippen LogP contribution in [0.5, 0.6) is 0 Å². The van der Waals surface area contributed by atoms with Crippen LogP contribution in [0.4, 0.5) is 0 Å². The number of sulfone groups is 1. The lowest BCUT2D eigenvalue weighted by atomic mass is 10.1. The molecule has 0 saturated carbocycles. The van der Waals surface area contributed by atoms with Crippen LogP contribution < -0.4 is 5.32 Å². The van der Waals surface area contributed by atoms with E-state index in [0.29, 0.717) is 18.6 Å². The summed E-state index contributed by atoms with van der Waals surface area (Å²) in [5.74, 6) is 0.565. The van der Waals surface area contributed by atoms with Crippen molar-refractivity contribution < 1.29 is 13.5 Å². The third-order valence-electron chi connectivity index (χ3n) is 2.67. The molecule has 0 bridgehead atoms. The predicted octanol–water partition coefficient (Wildman–Crippen LogP) is -0.0759. The average molecular weight is 221 g/mol. The summed E-state index contributed by atoms with van der Waals surface area (Å²) in [4.78, 5) is 0. The van der Waals surface area contributed by atoms with Gasteiger partial charge < -0.3 is 10.4 Å².